The molecule has 1 aromatic rings. The molecule has 0 aliphatic heterocycles. The Bertz CT molecular complexity index is 442. The molecule has 1 heterocycles. The third-order valence-electron chi connectivity index (χ3n) is 2.17. The normalized spacial score (nSPS) is 11.9. The summed E-state index contributed by atoms with van der Waals surface area (Å²) in [6.07, 6.45) is 3.64. The number of nitrogens with zero attached hydrogens (tertiary/aromatic N) is 1. The van der Waals surface area contributed by atoms with Gasteiger partial charge in [-0.1, -0.05) is 11.6 Å². The van der Waals surface area contributed by atoms with Crippen molar-refractivity contribution >= 4 is 35.2 Å². The van der Waals surface area contributed by atoms with Crippen LogP contribution in [0.3, 0.4) is 0 Å². The highest BCUT2D eigenvalue weighted by molar-refractivity contribution is 7.98. The van der Waals surface area contributed by atoms with Crippen LogP contribution < -0.4 is 5.32 Å². The average Bonchev–Trinajstić information content (AvgIpc) is 2.33. The first-order chi connectivity index (χ1) is 8.54. The molecule has 0 spiro atoms. The molecule has 1 amide bonds. The molecule has 0 bridgehead atoms. The minimum absolute atomic E-state index is 0.109. The quantitative estimate of drug-likeness (QED) is 0.832. The number of amides is 1. The van der Waals surface area contributed by atoms with Crippen LogP contribution in [0.2, 0.25) is 5.02 Å². The van der Waals surface area contributed by atoms with E-state index in [0.717, 1.165) is 0 Å². The van der Waals surface area contributed by atoms with Crippen LogP contribution in [0.4, 0.5) is 0 Å². The fourth-order valence-corrected chi connectivity index (χ4v) is 1.89. The zero-order chi connectivity index (χ0) is 13.5. The second kappa shape index (κ2) is 7.23. The fraction of sp³-hybridized carbons (Fsp3) is 0.364. The number of thioether (sulfide) groups is 1. The summed E-state index contributed by atoms with van der Waals surface area (Å²) in [6, 6.07) is 2.02. The predicted octanol–water partition coefficient (Wildman–Crippen LogP) is 1.67. The lowest BCUT2D eigenvalue weighted by molar-refractivity contribution is -0.139. The summed E-state index contributed by atoms with van der Waals surface area (Å²) in [5, 5.41) is 11.8. The smallest absolute Gasteiger partial charge is 0.326 e. The second-order valence-corrected chi connectivity index (χ2v) is 4.93. The Kier molecular flexibility index (Phi) is 5.94. The van der Waals surface area contributed by atoms with E-state index >= 15 is 0 Å². The highest BCUT2D eigenvalue weighted by atomic mass is 35.5. The van der Waals surface area contributed by atoms with E-state index in [0.29, 0.717) is 17.2 Å². The summed E-state index contributed by atoms with van der Waals surface area (Å²) in [5.41, 5.74) is 0.109. The van der Waals surface area contributed by atoms with Crippen molar-refractivity contribution in [2.24, 2.45) is 0 Å². The van der Waals surface area contributed by atoms with Gasteiger partial charge in [-0.25, -0.2) is 4.79 Å². The average molecular weight is 289 g/mol. The maximum atomic E-state index is 11.8. The van der Waals surface area contributed by atoms with Gasteiger partial charge in [0.05, 0.1) is 0 Å². The number of carboxylic acids is 1. The molecule has 0 aliphatic carbocycles. The molecule has 18 heavy (non-hydrogen) atoms. The molecule has 0 fully saturated rings. The largest absolute Gasteiger partial charge is 0.480 e. The first-order valence-corrected chi connectivity index (χ1v) is 6.96. The number of halogens is 1. The predicted molar refractivity (Wildman–Crippen MR) is 71.1 cm³/mol. The summed E-state index contributed by atoms with van der Waals surface area (Å²) < 4.78 is 0. The Morgan fingerprint density at radius 3 is 2.89 bits per heavy atom. The summed E-state index contributed by atoms with van der Waals surface area (Å²) in [5.74, 6) is -0.939. The van der Waals surface area contributed by atoms with Gasteiger partial charge in [-0.2, -0.15) is 11.8 Å². The van der Waals surface area contributed by atoms with Gasteiger partial charge in [0.15, 0.2) is 0 Å². The van der Waals surface area contributed by atoms with Gasteiger partial charge in [-0.05, 0) is 30.6 Å². The van der Waals surface area contributed by atoms with Crippen LogP contribution in [0.25, 0.3) is 0 Å². The van der Waals surface area contributed by atoms with Crippen molar-refractivity contribution < 1.29 is 14.7 Å². The number of carbonyl (C=O) groups excluding carboxylic acids is 1. The summed E-state index contributed by atoms with van der Waals surface area (Å²) >= 11 is 7.25. The van der Waals surface area contributed by atoms with Gasteiger partial charge in [-0.15, -0.1) is 0 Å². The molecule has 1 rings (SSSR count). The molecular formula is C11H13ClN2O3S. The van der Waals surface area contributed by atoms with Gasteiger partial charge >= 0.3 is 5.97 Å². The minimum atomic E-state index is -1.06. The summed E-state index contributed by atoms with van der Waals surface area (Å²) in [6.45, 7) is 0. The molecule has 5 nitrogen and oxygen atoms in total. The first kappa shape index (κ1) is 14.8. The van der Waals surface area contributed by atoms with Gasteiger partial charge in [0.25, 0.3) is 5.91 Å². The van der Waals surface area contributed by atoms with Gasteiger partial charge in [0, 0.05) is 11.2 Å². The highest BCUT2D eigenvalue weighted by Gasteiger charge is 2.20. The van der Waals surface area contributed by atoms with Crippen molar-refractivity contribution in [2.45, 2.75) is 12.5 Å². The molecule has 0 saturated carbocycles. The van der Waals surface area contributed by atoms with E-state index in [1.54, 1.807) is 6.07 Å². The van der Waals surface area contributed by atoms with Crippen molar-refractivity contribution in [2.75, 3.05) is 12.0 Å². The van der Waals surface area contributed by atoms with Crippen molar-refractivity contribution in [3.63, 3.8) is 0 Å². The molecule has 7 heteroatoms. The Balaban J connectivity index is 2.69. The third kappa shape index (κ3) is 4.54. The number of nitrogens with one attached hydrogen (secondary N) is 1. The SMILES string of the molecule is CSCC[C@H](NC(=O)c1cc(Cl)ccn1)C(=O)O. The lowest BCUT2D eigenvalue weighted by Gasteiger charge is -2.13. The second-order valence-electron chi connectivity index (χ2n) is 3.51. The van der Waals surface area contributed by atoms with Crippen LogP contribution in [-0.2, 0) is 4.79 Å². The molecule has 2 N–H and O–H groups in total. The number of pyridine rings is 1. The maximum Gasteiger partial charge on any atom is 0.326 e. The van der Waals surface area contributed by atoms with Gasteiger partial charge in [-0.3, -0.25) is 9.78 Å². The monoisotopic (exact) mass is 288 g/mol. The van der Waals surface area contributed by atoms with E-state index in [1.807, 2.05) is 6.26 Å². The molecule has 0 saturated heterocycles. The summed E-state index contributed by atoms with van der Waals surface area (Å²) in [4.78, 5) is 26.6. The van der Waals surface area contributed by atoms with Crippen LogP contribution in [-0.4, -0.2) is 40.0 Å². The van der Waals surface area contributed by atoms with Crippen LogP contribution in [0.15, 0.2) is 18.3 Å². The number of hydrogen-bond donors (Lipinski definition) is 2. The minimum Gasteiger partial charge on any atom is -0.480 e. The van der Waals surface area contributed by atoms with E-state index in [-0.39, 0.29) is 5.69 Å². The van der Waals surface area contributed by atoms with Crippen molar-refractivity contribution in [1.29, 1.82) is 0 Å². The van der Waals surface area contributed by atoms with Crippen molar-refractivity contribution in [3.05, 3.63) is 29.0 Å². The van der Waals surface area contributed by atoms with E-state index < -0.39 is 17.9 Å². The molecule has 0 radical (unpaired) electrons. The van der Waals surface area contributed by atoms with E-state index in [2.05, 4.69) is 10.3 Å². The highest BCUT2D eigenvalue weighted by Crippen LogP contribution is 2.08. The van der Waals surface area contributed by atoms with Crippen LogP contribution in [0.1, 0.15) is 16.9 Å². The van der Waals surface area contributed by atoms with Gasteiger partial charge < -0.3 is 10.4 Å². The first-order valence-electron chi connectivity index (χ1n) is 5.18. The van der Waals surface area contributed by atoms with Crippen molar-refractivity contribution in [1.82, 2.24) is 10.3 Å². The Hall–Kier alpha value is -1.27. The maximum absolute atomic E-state index is 11.8. The van der Waals surface area contributed by atoms with E-state index in [4.69, 9.17) is 16.7 Å². The third-order valence-corrected chi connectivity index (χ3v) is 3.05. The Morgan fingerprint density at radius 1 is 1.61 bits per heavy atom. The topological polar surface area (TPSA) is 79.3 Å². The molecule has 1 aromatic heterocycles. The van der Waals surface area contributed by atoms with Crippen LogP contribution >= 0.6 is 23.4 Å². The Labute approximate surface area is 114 Å². The van der Waals surface area contributed by atoms with Gasteiger partial charge in [0.2, 0.25) is 0 Å². The number of carbonyl (C=O) groups is 2. The van der Waals surface area contributed by atoms with Crippen LogP contribution in [0, 0.1) is 0 Å². The lowest BCUT2D eigenvalue weighted by atomic mass is 10.2. The number of aromatic nitrogens is 1. The zero-order valence-electron chi connectivity index (χ0n) is 9.72. The Morgan fingerprint density at radius 2 is 2.33 bits per heavy atom. The van der Waals surface area contributed by atoms with Gasteiger partial charge in [0.1, 0.15) is 11.7 Å². The molecule has 1 atom stereocenters. The number of aliphatic carboxylic acids is 1. The molecule has 0 unspecified atom stereocenters. The molecular weight excluding hydrogens is 276 g/mol. The standard InChI is InChI=1S/C11H13ClN2O3S/c1-18-5-3-8(11(16)17)14-10(15)9-6-7(12)2-4-13-9/h2,4,6,8H,3,5H2,1H3,(H,14,15)(H,16,17)/t8-/m0/s1. The van der Waals surface area contributed by atoms with E-state index in [9.17, 15) is 9.59 Å². The van der Waals surface area contributed by atoms with Crippen molar-refractivity contribution in [3.8, 4) is 0 Å². The molecule has 0 aromatic carbocycles. The number of hydrogen-bond acceptors (Lipinski definition) is 4. The molecule has 0 aliphatic rings. The molecule has 98 valence electrons. The fourth-order valence-electron chi connectivity index (χ4n) is 1.25. The number of carboxylic acid groups (broad SMARTS) is 1. The lowest BCUT2D eigenvalue weighted by Crippen LogP contribution is -2.41. The number of rotatable bonds is 6. The zero-order valence-corrected chi connectivity index (χ0v) is 11.3. The van der Waals surface area contributed by atoms with Crippen LogP contribution in [0.5, 0.6) is 0 Å². The summed E-state index contributed by atoms with van der Waals surface area (Å²) in [7, 11) is 0. The van der Waals surface area contributed by atoms with E-state index in [1.165, 1.54) is 24.0 Å².